The number of oxime groups is 1. The normalized spacial score (nSPS) is 11.4. The van der Waals surface area contributed by atoms with E-state index in [1.165, 1.54) is 0 Å². The number of halogens is 1. The SMILES string of the molecule is COc1cc(Cl)c(C)cc1NCCC(N)=NO. The monoisotopic (exact) mass is 257 g/mol. The largest absolute Gasteiger partial charge is 0.495 e. The average Bonchev–Trinajstić information content (AvgIpc) is 2.32. The second kappa shape index (κ2) is 6.20. The molecule has 0 bridgehead atoms. The molecule has 17 heavy (non-hydrogen) atoms. The zero-order valence-electron chi connectivity index (χ0n) is 9.83. The van der Waals surface area contributed by atoms with E-state index >= 15 is 0 Å². The van der Waals surface area contributed by atoms with Crippen LogP contribution in [0, 0.1) is 6.92 Å². The van der Waals surface area contributed by atoms with Crippen molar-refractivity contribution >= 4 is 23.1 Å². The van der Waals surface area contributed by atoms with E-state index in [4.69, 9.17) is 27.3 Å². The lowest BCUT2D eigenvalue weighted by Gasteiger charge is -2.12. The van der Waals surface area contributed by atoms with Crippen LogP contribution in [0.3, 0.4) is 0 Å². The highest BCUT2D eigenvalue weighted by molar-refractivity contribution is 6.31. The number of rotatable bonds is 5. The summed E-state index contributed by atoms with van der Waals surface area (Å²) < 4.78 is 5.21. The third-order valence-electron chi connectivity index (χ3n) is 2.31. The zero-order chi connectivity index (χ0) is 12.8. The summed E-state index contributed by atoms with van der Waals surface area (Å²) in [6.45, 7) is 2.46. The van der Waals surface area contributed by atoms with Gasteiger partial charge in [-0.2, -0.15) is 0 Å². The predicted octanol–water partition coefficient (Wildman–Crippen LogP) is 2.21. The Hall–Kier alpha value is -1.62. The van der Waals surface area contributed by atoms with Crippen LogP contribution >= 0.6 is 11.6 Å². The Bertz CT molecular complexity index is 421. The summed E-state index contributed by atoms with van der Waals surface area (Å²) in [5.74, 6) is 0.849. The summed E-state index contributed by atoms with van der Waals surface area (Å²) in [5, 5.41) is 15.1. The van der Waals surface area contributed by atoms with E-state index in [1.807, 2.05) is 13.0 Å². The molecule has 1 aromatic rings. The molecule has 4 N–H and O–H groups in total. The maximum atomic E-state index is 8.41. The molecule has 94 valence electrons. The Morgan fingerprint density at radius 3 is 2.88 bits per heavy atom. The molecule has 5 nitrogen and oxygen atoms in total. The number of nitrogens with one attached hydrogen (secondary N) is 1. The minimum absolute atomic E-state index is 0.183. The van der Waals surface area contributed by atoms with Gasteiger partial charge in [0.2, 0.25) is 0 Å². The predicted molar refractivity (Wildman–Crippen MR) is 69.3 cm³/mol. The number of ether oxygens (including phenoxy) is 1. The number of nitrogens with two attached hydrogens (primary N) is 1. The van der Waals surface area contributed by atoms with Gasteiger partial charge in [-0.05, 0) is 18.6 Å². The highest BCUT2D eigenvalue weighted by Crippen LogP contribution is 2.30. The van der Waals surface area contributed by atoms with Gasteiger partial charge in [-0.25, -0.2) is 0 Å². The first-order valence-corrected chi connectivity index (χ1v) is 5.50. The summed E-state index contributed by atoms with van der Waals surface area (Å²) in [5.41, 5.74) is 7.16. The van der Waals surface area contributed by atoms with Gasteiger partial charge in [0.25, 0.3) is 0 Å². The quantitative estimate of drug-likeness (QED) is 0.327. The van der Waals surface area contributed by atoms with Crippen molar-refractivity contribution in [3.8, 4) is 5.75 Å². The molecule has 0 atom stereocenters. The minimum atomic E-state index is 0.183. The molecule has 1 rings (SSSR count). The number of anilines is 1. The maximum absolute atomic E-state index is 8.41. The fourth-order valence-electron chi connectivity index (χ4n) is 1.35. The summed E-state index contributed by atoms with van der Waals surface area (Å²) in [7, 11) is 1.58. The lowest BCUT2D eigenvalue weighted by Crippen LogP contribution is -2.16. The van der Waals surface area contributed by atoms with E-state index in [0.717, 1.165) is 11.3 Å². The van der Waals surface area contributed by atoms with E-state index < -0.39 is 0 Å². The Labute approximate surface area is 105 Å². The van der Waals surface area contributed by atoms with Crippen LogP contribution in [0.25, 0.3) is 0 Å². The maximum Gasteiger partial charge on any atom is 0.143 e. The van der Waals surface area contributed by atoms with Crippen LogP contribution in [-0.4, -0.2) is 24.7 Å². The first-order valence-electron chi connectivity index (χ1n) is 5.13. The van der Waals surface area contributed by atoms with Gasteiger partial charge in [0.05, 0.1) is 12.8 Å². The van der Waals surface area contributed by atoms with Crippen LogP contribution in [0.4, 0.5) is 5.69 Å². The molecule has 0 spiro atoms. The highest BCUT2D eigenvalue weighted by atomic mass is 35.5. The van der Waals surface area contributed by atoms with Crippen molar-refractivity contribution in [1.82, 2.24) is 0 Å². The first kappa shape index (κ1) is 13.4. The second-order valence-corrected chi connectivity index (χ2v) is 3.98. The van der Waals surface area contributed by atoms with E-state index in [2.05, 4.69) is 10.5 Å². The third kappa shape index (κ3) is 3.71. The zero-order valence-corrected chi connectivity index (χ0v) is 10.6. The smallest absolute Gasteiger partial charge is 0.143 e. The number of methoxy groups -OCH3 is 1. The average molecular weight is 258 g/mol. The van der Waals surface area contributed by atoms with Crippen LogP contribution in [0.1, 0.15) is 12.0 Å². The molecule has 6 heteroatoms. The van der Waals surface area contributed by atoms with E-state index in [-0.39, 0.29) is 5.84 Å². The Morgan fingerprint density at radius 1 is 1.59 bits per heavy atom. The molecule has 0 amide bonds. The van der Waals surface area contributed by atoms with Gasteiger partial charge in [0, 0.05) is 24.1 Å². The number of benzene rings is 1. The van der Waals surface area contributed by atoms with E-state index in [9.17, 15) is 0 Å². The van der Waals surface area contributed by atoms with Crippen molar-refractivity contribution in [2.45, 2.75) is 13.3 Å². The van der Waals surface area contributed by atoms with Gasteiger partial charge in [-0.3, -0.25) is 0 Å². The van der Waals surface area contributed by atoms with Gasteiger partial charge in [0.15, 0.2) is 0 Å². The molecule has 0 aliphatic heterocycles. The molecule has 0 unspecified atom stereocenters. The molecule has 1 aromatic carbocycles. The number of nitrogens with zero attached hydrogens (tertiary/aromatic N) is 1. The number of hydrogen-bond acceptors (Lipinski definition) is 4. The third-order valence-corrected chi connectivity index (χ3v) is 2.71. The molecule has 0 saturated heterocycles. The van der Waals surface area contributed by atoms with Crippen molar-refractivity contribution in [3.63, 3.8) is 0 Å². The van der Waals surface area contributed by atoms with Crippen molar-refractivity contribution in [2.24, 2.45) is 10.9 Å². The van der Waals surface area contributed by atoms with Crippen molar-refractivity contribution < 1.29 is 9.94 Å². The molecular formula is C11H16ClN3O2. The van der Waals surface area contributed by atoms with Crippen LogP contribution < -0.4 is 15.8 Å². The molecular weight excluding hydrogens is 242 g/mol. The molecule has 0 aliphatic rings. The molecule has 0 radical (unpaired) electrons. The fourth-order valence-corrected chi connectivity index (χ4v) is 1.50. The summed E-state index contributed by atoms with van der Waals surface area (Å²) >= 11 is 5.99. The summed E-state index contributed by atoms with van der Waals surface area (Å²) in [6, 6.07) is 3.65. The second-order valence-electron chi connectivity index (χ2n) is 3.57. The Morgan fingerprint density at radius 2 is 2.29 bits per heavy atom. The Kier molecular flexibility index (Phi) is 4.90. The topological polar surface area (TPSA) is 79.9 Å². The lowest BCUT2D eigenvalue weighted by atomic mass is 10.2. The molecule has 0 heterocycles. The standard InChI is InChI=1S/C11H16ClN3O2/c1-7-5-9(10(17-2)6-8(7)12)14-4-3-11(13)15-16/h5-6,14,16H,3-4H2,1-2H3,(H2,13,15). The van der Waals surface area contributed by atoms with Gasteiger partial charge < -0.3 is 21.0 Å². The van der Waals surface area contributed by atoms with E-state index in [1.54, 1.807) is 13.2 Å². The Balaban J connectivity index is 2.73. The number of hydrogen-bond donors (Lipinski definition) is 3. The van der Waals surface area contributed by atoms with Crippen molar-refractivity contribution in [2.75, 3.05) is 19.0 Å². The first-order chi connectivity index (χ1) is 8.08. The van der Waals surface area contributed by atoms with Crippen LogP contribution in [-0.2, 0) is 0 Å². The van der Waals surface area contributed by atoms with E-state index in [0.29, 0.717) is 23.7 Å². The van der Waals surface area contributed by atoms with Crippen molar-refractivity contribution in [1.29, 1.82) is 0 Å². The van der Waals surface area contributed by atoms with Gasteiger partial charge in [0.1, 0.15) is 11.6 Å². The van der Waals surface area contributed by atoms with Gasteiger partial charge in [-0.1, -0.05) is 16.8 Å². The molecule has 0 saturated carbocycles. The minimum Gasteiger partial charge on any atom is -0.495 e. The molecule has 0 aromatic heterocycles. The summed E-state index contributed by atoms with van der Waals surface area (Å²) in [4.78, 5) is 0. The molecule has 0 fully saturated rings. The fraction of sp³-hybridized carbons (Fsp3) is 0.364. The number of aryl methyl sites for hydroxylation is 1. The van der Waals surface area contributed by atoms with Gasteiger partial charge >= 0.3 is 0 Å². The van der Waals surface area contributed by atoms with Gasteiger partial charge in [-0.15, -0.1) is 0 Å². The summed E-state index contributed by atoms with van der Waals surface area (Å²) in [6.07, 6.45) is 0.446. The number of amidine groups is 1. The van der Waals surface area contributed by atoms with Crippen molar-refractivity contribution in [3.05, 3.63) is 22.7 Å². The van der Waals surface area contributed by atoms with Crippen LogP contribution in [0.5, 0.6) is 5.75 Å². The van der Waals surface area contributed by atoms with Crippen LogP contribution in [0.15, 0.2) is 17.3 Å². The highest BCUT2D eigenvalue weighted by Gasteiger charge is 2.06. The van der Waals surface area contributed by atoms with Crippen LogP contribution in [0.2, 0.25) is 5.02 Å². The molecule has 0 aliphatic carbocycles. The lowest BCUT2D eigenvalue weighted by molar-refractivity contribution is 0.317.